The number of carbonyl (C=O) groups excluding carboxylic acids is 1. The van der Waals surface area contributed by atoms with Crippen LogP contribution in [-0.4, -0.2) is 26.1 Å². The van der Waals surface area contributed by atoms with E-state index in [1.165, 1.54) is 0 Å². The van der Waals surface area contributed by atoms with E-state index in [1.807, 2.05) is 24.3 Å². The number of carbonyl (C=O) groups is 1. The number of hydrogen-bond donors (Lipinski definition) is 1. The smallest absolute Gasteiger partial charge is 0.251 e. The van der Waals surface area contributed by atoms with E-state index < -0.39 is 0 Å². The van der Waals surface area contributed by atoms with Crippen LogP contribution in [0, 0.1) is 0 Å². The van der Waals surface area contributed by atoms with Gasteiger partial charge in [0.2, 0.25) is 0 Å². The maximum absolute atomic E-state index is 12.2. The predicted octanol–water partition coefficient (Wildman–Crippen LogP) is 3.66. The predicted molar refractivity (Wildman–Crippen MR) is 94.5 cm³/mol. The number of aromatic nitrogens is 4. The second-order valence-corrected chi connectivity index (χ2v) is 6.62. The van der Waals surface area contributed by atoms with Gasteiger partial charge >= 0.3 is 0 Å². The van der Waals surface area contributed by atoms with Crippen LogP contribution in [0.4, 0.5) is 0 Å². The Bertz CT molecular complexity index is 879. The molecule has 0 fully saturated rings. The molecule has 0 radical (unpaired) electrons. The van der Waals surface area contributed by atoms with E-state index in [1.54, 1.807) is 22.9 Å². The zero-order valence-electron chi connectivity index (χ0n) is 12.1. The van der Waals surface area contributed by atoms with Crippen molar-refractivity contribution < 1.29 is 4.79 Å². The highest BCUT2D eigenvalue weighted by Gasteiger charge is 2.12. The minimum absolute atomic E-state index is 0.155. The van der Waals surface area contributed by atoms with Gasteiger partial charge in [0, 0.05) is 20.1 Å². The first-order valence-electron chi connectivity index (χ1n) is 6.80. The number of rotatable bonds is 4. The molecule has 0 spiro atoms. The molecular formula is C15H10BrCl2N5O. The lowest BCUT2D eigenvalue weighted by Gasteiger charge is -2.07. The Labute approximate surface area is 155 Å². The molecule has 1 aromatic heterocycles. The fourth-order valence-corrected chi connectivity index (χ4v) is 2.98. The van der Waals surface area contributed by atoms with Gasteiger partial charge in [-0.2, -0.15) is 4.68 Å². The van der Waals surface area contributed by atoms with Crippen molar-refractivity contribution in [3.63, 3.8) is 0 Å². The SMILES string of the molecule is O=C(NCc1nnnn1-c1cccc(Br)c1)c1cc(Cl)cc(Cl)c1. The minimum Gasteiger partial charge on any atom is -0.345 e. The number of hydrogen-bond acceptors (Lipinski definition) is 4. The second-order valence-electron chi connectivity index (χ2n) is 4.83. The number of tetrazole rings is 1. The number of amides is 1. The van der Waals surface area contributed by atoms with Gasteiger partial charge in [0.1, 0.15) is 0 Å². The molecule has 9 heteroatoms. The maximum atomic E-state index is 12.2. The standard InChI is InChI=1S/C15H10BrCl2N5O/c16-10-2-1-3-13(6-10)23-14(20-21-22-23)8-19-15(24)9-4-11(17)7-12(18)5-9/h1-7H,8H2,(H,19,24). The summed E-state index contributed by atoms with van der Waals surface area (Å²) in [6.45, 7) is 0.155. The highest BCUT2D eigenvalue weighted by molar-refractivity contribution is 9.10. The molecule has 3 rings (SSSR count). The molecule has 0 saturated carbocycles. The van der Waals surface area contributed by atoms with Gasteiger partial charge in [-0.25, -0.2) is 0 Å². The monoisotopic (exact) mass is 425 g/mol. The van der Waals surface area contributed by atoms with Crippen molar-refractivity contribution in [3.05, 3.63) is 68.4 Å². The number of nitrogens with one attached hydrogen (secondary N) is 1. The summed E-state index contributed by atoms with van der Waals surface area (Å²) in [5, 5.41) is 15.1. The van der Waals surface area contributed by atoms with Gasteiger partial charge in [-0.15, -0.1) is 5.10 Å². The average Bonchev–Trinajstić information content (AvgIpc) is 3.00. The molecule has 2 aromatic carbocycles. The third kappa shape index (κ3) is 3.92. The fraction of sp³-hybridized carbons (Fsp3) is 0.0667. The Hall–Kier alpha value is -1.96. The van der Waals surface area contributed by atoms with E-state index in [0.29, 0.717) is 21.4 Å². The first-order chi connectivity index (χ1) is 11.5. The number of nitrogens with zero attached hydrogens (tertiary/aromatic N) is 4. The number of halogens is 3. The third-order valence-corrected chi connectivity index (χ3v) is 4.05. The average molecular weight is 427 g/mol. The molecule has 1 heterocycles. The zero-order valence-corrected chi connectivity index (χ0v) is 15.2. The Morgan fingerprint density at radius 1 is 1.17 bits per heavy atom. The molecule has 0 atom stereocenters. The van der Waals surface area contributed by atoms with Gasteiger partial charge in [-0.3, -0.25) is 4.79 Å². The van der Waals surface area contributed by atoms with Crippen molar-refractivity contribution in [2.75, 3.05) is 0 Å². The van der Waals surface area contributed by atoms with Gasteiger partial charge in [0.15, 0.2) is 5.82 Å². The summed E-state index contributed by atoms with van der Waals surface area (Å²) < 4.78 is 2.45. The van der Waals surface area contributed by atoms with Crippen molar-refractivity contribution >= 4 is 45.0 Å². The van der Waals surface area contributed by atoms with E-state index in [-0.39, 0.29) is 12.5 Å². The van der Waals surface area contributed by atoms with Crippen LogP contribution in [-0.2, 0) is 6.54 Å². The molecular weight excluding hydrogens is 417 g/mol. The van der Waals surface area contributed by atoms with E-state index in [9.17, 15) is 4.79 Å². The Balaban J connectivity index is 1.76. The van der Waals surface area contributed by atoms with Crippen LogP contribution >= 0.6 is 39.1 Å². The molecule has 1 N–H and O–H groups in total. The Kier molecular flexibility index (Phi) is 5.13. The number of benzene rings is 2. The molecule has 6 nitrogen and oxygen atoms in total. The normalized spacial score (nSPS) is 10.6. The summed E-state index contributed by atoms with van der Waals surface area (Å²) in [6, 6.07) is 12.2. The van der Waals surface area contributed by atoms with Crippen LogP contribution in [0.1, 0.15) is 16.2 Å². The van der Waals surface area contributed by atoms with E-state index in [4.69, 9.17) is 23.2 Å². The Morgan fingerprint density at radius 2 is 1.92 bits per heavy atom. The van der Waals surface area contributed by atoms with Gasteiger partial charge in [0.05, 0.1) is 12.2 Å². The van der Waals surface area contributed by atoms with Crippen molar-refractivity contribution in [3.8, 4) is 5.69 Å². The van der Waals surface area contributed by atoms with Crippen molar-refractivity contribution in [1.29, 1.82) is 0 Å². The molecule has 0 bridgehead atoms. The highest BCUT2D eigenvalue weighted by atomic mass is 79.9. The zero-order chi connectivity index (χ0) is 17.1. The van der Waals surface area contributed by atoms with Gasteiger partial charge in [-0.1, -0.05) is 45.2 Å². The molecule has 0 unspecified atom stereocenters. The fourth-order valence-electron chi connectivity index (χ4n) is 2.07. The van der Waals surface area contributed by atoms with Crippen LogP contribution in [0.25, 0.3) is 5.69 Å². The molecule has 0 saturated heterocycles. The summed E-state index contributed by atoms with van der Waals surface area (Å²) in [5.41, 5.74) is 1.15. The molecule has 3 aromatic rings. The van der Waals surface area contributed by atoms with Gasteiger partial charge in [-0.05, 0) is 46.8 Å². The molecule has 122 valence electrons. The van der Waals surface area contributed by atoms with Crippen molar-refractivity contribution in [1.82, 2.24) is 25.5 Å². The van der Waals surface area contributed by atoms with Crippen LogP contribution in [0.2, 0.25) is 10.0 Å². The lowest BCUT2D eigenvalue weighted by atomic mass is 10.2. The van der Waals surface area contributed by atoms with Gasteiger partial charge in [0.25, 0.3) is 5.91 Å². The van der Waals surface area contributed by atoms with Crippen LogP contribution in [0.3, 0.4) is 0 Å². The summed E-state index contributed by atoms with van der Waals surface area (Å²) >= 11 is 15.2. The lowest BCUT2D eigenvalue weighted by Crippen LogP contribution is -2.24. The second kappa shape index (κ2) is 7.29. The van der Waals surface area contributed by atoms with Crippen LogP contribution in [0.15, 0.2) is 46.9 Å². The first kappa shape index (κ1) is 16.9. The summed E-state index contributed by atoms with van der Waals surface area (Å²) in [7, 11) is 0. The largest absolute Gasteiger partial charge is 0.345 e. The molecule has 1 amide bonds. The highest BCUT2D eigenvalue weighted by Crippen LogP contribution is 2.19. The van der Waals surface area contributed by atoms with Crippen LogP contribution in [0.5, 0.6) is 0 Å². The Morgan fingerprint density at radius 3 is 2.62 bits per heavy atom. The van der Waals surface area contributed by atoms with E-state index in [2.05, 4.69) is 36.8 Å². The maximum Gasteiger partial charge on any atom is 0.251 e. The lowest BCUT2D eigenvalue weighted by molar-refractivity contribution is 0.0949. The first-order valence-corrected chi connectivity index (χ1v) is 8.35. The third-order valence-electron chi connectivity index (χ3n) is 3.12. The summed E-state index contributed by atoms with van der Waals surface area (Å²) in [6.07, 6.45) is 0. The summed E-state index contributed by atoms with van der Waals surface area (Å²) in [4.78, 5) is 12.2. The molecule has 24 heavy (non-hydrogen) atoms. The quantitative estimate of drug-likeness (QED) is 0.690. The minimum atomic E-state index is -0.316. The topological polar surface area (TPSA) is 72.7 Å². The van der Waals surface area contributed by atoms with Crippen LogP contribution < -0.4 is 5.32 Å². The molecule has 0 aliphatic heterocycles. The van der Waals surface area contributed by atoms with E-state index >= 15 is 0 Å². The summed E-state index contributed by atoms with van der Waals surface area (Å²) in [5.74, 6) is 0.178. The molecule has 0 aliphatic carbocycles. The van der Waals surface area contributed by atoms with Crippen molar-refractivity contribution in [2.24, 2.45) is 0 Å². The van der Waals surface area contributed by atoms with E-state index in [0.717, 1.165) is 10.2 Å². The molecule has 0 aliphatic rings. The van der Waals surface area contributed by atoms with Gasteiger partial charge < -0.3 is 5.32 Å². The van der Waals surface area contributed by atoms with Crippen molar-refractivity contribution in [2.45, 2.75) is 6.54 Å².